The van der Waals surface area contributed by atoms with Gasteiger partial charge in [-0.05, 0) is 42.7 Å². The number of hydrogen-bond donors (Lipinski definition) is 2. The van der Waals surface area contributed by atoms with Crippen LogP contribution in [0.3, 0.4) is 0 Å². The predicted molar refractivity (Wildman–Crippen MR) is 98.7 cm³/mol. The number of furan rings is 1. The van der Waals surface area contributed by atoms with Gasteiger partial charge in [0.1, 0.15) is 0 Å². The smallest absolute Gasteiger partial charge is 0.287 e. The summed E-state index contributed by atoms with van der Waals surface area (Å²) in [6, 6.07) is 10.5. The molecule has 7 nitrogen and oxygen atoms in total. The molecule has 3 aromatic rings. The minimum Gasteiger partial charge on any atom is -0.459 e. The van der Waals surface area contributed by atoms with Crippen molar-refractivity contribution in [2.24, 2.45) is 0 Å². The van der Waals surface area contributed by atoms with Gasteiger partial charge in [-0.2, -0.15) is 0 Å². The molecule has 26 heavy (non-hydrogen) atoms. The van der Waals surface area contributed by atoms with Crippen molar-refractivity contribution in [3.8, 4) is 5.69 Å². The van der Waals surface area contributed by atoms with Gasteiger partial charge >= 0.3 is 0 Å². The highest BCUT2D eigenvalue weighted by molar-refractivity contribution is 7.98. The quantitative estimate of drug-likeness (QED) is 0.492. The summed E-state index contributed by atoms with van der Waals surface area (Å²) in [5, 5.41) is 6.32. The molecule has 8 heteroatoms. The summed E-state index contributed by atoms with van der Waals surface area (Å²) in [6.07, 6.45) is 7.02. The van der Waals surface area contributed by atoms with Gasteiger partial charge in [-0.1, -0.05) is 11.8 Å². The Hall–Kier alpha value is -3.00. The van der Waals surface area contributed by atoms with Gasteiger partial charge in [0.2, 0.25) is 0 Å². The van der Waals surface area contributed by atoms with E-state index in [1.807, 2.05) is 29.2 Å². The Kier molecular flexibility index (Phi) is 5.75. The van der Waals surface area contributed by atoms with Gasteiger partial charge in [-0.25, -0.2) is 4.98 Å². The summed E-state index contributed by atoms with van der Waals surface area (Å²) < 4.78 is 6.95. The maximum Gasteiger partial charge on any atom is 0.287 e. The summed E-state index contributed by atoms with van der Waals surface area (Å²) in [4.78, 5) is 28.1. The number of hydrogen-bond acceptors (Lipinski definition) is 5. The van der Waals surface area contributed by atoms with E-state index in [4.69, 9.17) is 4.42 Å². The molecule has 0 spiro atoms. The molecule has 0 saturated carbocycles. The zero-order valence-corrected chi connectivity index (χ0v) is 15.0. The zero-order valence-electron chi connectivity index (χ0n) is 14.1. The number of carbonyl (C=O) groups excluding carboxylic acids is 2. The number of imidazole rings is 1. The van der Waals surface area contributed by atoms with Crippen LogP contribution in [0.15, 0.2) is 64.6 Å². The topological polar surface area (TPSA) is 89.2 Å². The van der Waals surface area contributed by atoms with Crippen LogP contribution in [0.1, 0.15) is 20.9 Å². The first-order valence-electron chi connectivity index (χ1n) is 7.96. The average molecular weight is 370 g/mol. The number of benzene rings is 1. The van der Waals surface area contributed by atoms with Crippen molar-refractivity contribution in [2.75, 3.05) is 19.3 Å². The number of nitrogens with zero attached hydrogens (tertiary/aromatic N) is 2. The van der Waals surface area contributed by atoms with Gasteiger partial charge in [0, 0.05) is 36.7 Å². The van der Waals surface area contributed by atoms with Crippen molar-refractivity contribution < 1.29 is 14.0 Å². The van der Waals surface area contributed by atoms with Crippen LogP contribution in [0.25, 0.3) is 5.69 Å². The van der Waals surface area contributed by atoms with Gasteiger partial charge < -0.3 is 15.1 Å². The van der Waals surface area contributed by atoms with E-state index < -0.39 is 0 Å². The first kappa shape index (κ1) is 17.8. The second-order valence-corrected chi connectivity index (χ2v) is 6.09. The van der Waals surface area contributed by atoms with E-state index >= 15 is 0 Å². The second kappa shape index (κ2) is 8.39. The van der Waals surface area contributed by atoms with E-state index in [0.29, 0.717) is 18.7 Å². The van der Waals surface area contributed by atoms with Crippen molar-refractivity contribution in [1.82, 2.24) is 20.2 Å². The molecule has 134 valence electrons. The van der Waals surface area contributed by atoms with E-state index in [9.17, 15) is 9.59 Å². The molecule has 0 aliphatic carbocycles. The Bertz CT molecular complexity index is 872. The molecular weight excluding hydrogens is 352 g/mol. The SMILES string of the molecule is CSc1nccn1-c1ccc(C(=O)NCCNC(=O)c2ccco2)cc1. The normalized spacial score (nSPS) is 10.5. The van der Waals surface area contributed by atoms with Crippen molar-refractivity contribution in [3.63, 3.8) is 0 Å². The zero-order chi connectivity index (χ0) is 18.4. The number of amides is 2. The highest BCUT2D eigenvalue weighted by atomic mass is 32.2. The number of carbonyl (C=O) groups is 2. The lowest BCUT2D eigenvalue weighted by Crippen LogP contribution is -2.34. The molecule has 2 amide bonds. The Morgan fingerprint density at radius 3 is 2.50 bits per heavy atom. The largest absolute Gasteiger partial charge is 0.459 e. The molecule has 2 heterocycles. The number of rotatable bonds is 7. The summed E-state index contributed by atoms with van der Waals surface area (Å²) in [5.41, 5.74) is 1.49. The molecule has 0 unspecified atom stereocenters. The van der Waals surface area contributed by atoms with E-state index in [1.165, 1.54) is 6.26 Å². The Morgan fingerprint density at radius 1 is 1.12 bits per heavy atom. The maximum absolute atomic E-state index is 12.2. The van der Waals surface area contributed by atoms with Crippen LogP contribution in [0.5, 0.6) is 0 Å². The van der Waals surface area contributed by atoms with Crippen LogP contribution >= 0.6 is 11.8 Å². The molecule has 2 N–H and O–H groups in total. The van der Waals surface area contributed by atoms with Gasteiger partial charge in [0.15, 0.2) is 10.9 Å². The summed E-state index contributed by atoms with van der Waals surface area (Å²) in [7, 11) is 0. The first-order chi connectivity index (χ1) is 12.7. The Balaban J connectivity index is 1.50. The number of nitrogens with one attached hydrogen (secondary N) is 2. The Morgan fingerprint density at radius 2 is 1.85 bits per heavy atom. The second-order valence-electron chi connectivity index (χ2n) is 5.32. The average Bonchev–Trinajstić information content (AvgIpc) is 3.36. The molecule has 0 fully saturated rings. The fourth-order valence-corrected chi connectivity index (χ4v) is 2.89. The standard InChI is InChI=1S/C18H18N4O3S/c1-26-18-21-10-11-22(18)14-6-4-13(5-7-14)16(23)19-8-9-20-17(24)15-3-2-12-25-15/h2-7,10-12H,8-9H2,1H3,(H,19,23)(H,20,24). The molecule has 0 aliphatic rings. The van der Waals surface area contributed by atoms with Gasteiger partial charge in [0.05, 0.1) is 6.26 Å². The summed E-state index contributed by atoms with van der Waals surface area (Å²) >= 11 is 1.55. The van der Waals surface area contributed by atoms with E-state index in [-0.39, 0.29) is 17.6 Å². The molecule has 0 bridgehead atoms. The molecule has 1 aromatic carbocycles. The van der Waals surface area contributed by atoms with Crippen molar-refractivity contribution >= 4 is 23.6 Å². The fourth-order valence-electron chi connectivity index (χ4n) is 2.36. The van der Waals surface area contributed by atoms with Crippen LogP contribution < -0.4 is 10.6 Å². The number of thioether (sulfide) groups is 1. The van der Waals surface area contributed by atoms with Crippen molar-refractivity contribution in [3.05, 3.63) is 66.4 Å². The van der Waals surface area contributed by atoms with Crippen molar-refractivity contribution in [1.29, 1.82) is 0 Å². The van der Waals surface area contributed by atoms with E-state index in [0.717, 1.165) is 10.8 Å². The number of aromatic nitrogens is 2. The molecule has 0 aliphatic heterocycles. The lowest BCUT2D eigenvalue weighted by molar-refractivity contribution is 0.0910. The third-order valence-electron chi connectivity index (χ3n) is 3.64. The van der Waals surface area contributed by atoms with Gasteiger partial charge in [-0.15, -0.1) is 0 Å². The lowest BCUT2D eigenvalue weighted by Gasteiger charge is -2.08. The maximum atomic E-state index is 12.2. The monoisotopic (exact) mass is 370 g/mol. The first-order valence-corrected chi connectivity index (χ1v) is 9.19. The predicted octanol–water partition coefficient (Wildman–Crippen LogP) is 2.35. The Labute approximate surface area is 154 Å². The van der Waals surface area contributed by atoms with E-state index in [1.54, 1.807) is 42.2 Å². The molecule has 2 aromatic heterocycles. The minimum atomic E-state index is -0.307. The highest BCUT2D eigenvalue weighted by Crippen LogP contribution is 2.18. The van der Waals surface area contributed by atoms with Crippen LogP contribution in [0.4, 0.5) is 0 Å². The molecular formula is C18H18N4O3S. The summed E-state index contributed by atoms with van der Waals surface area (Å²) in [6.45, 7) is 0.640. The van der Waals surface area contributed by atoms with Gasteiger partial charge in [-0.3, -0.25) is 14.2 Å². The fraction of sp³-hybridized carbons (Fsp3) is 0.167. The van der Waals surface area contributed by atoms with Crippen LogP contribution in [-0.4, -0.2) is 40.7 Å². The van der Waals surface area contributed by atoms with Crippen LogP contribution in [-0.2, 0) is 0 Å². The highest BCUT2D eigenvalue weighted by Gasteiger charge is 2.09. The van der Waals surface area contributed by atoms with Crippen molar-refractivity contribution in [2.45, 2.75) is 5.16 Å². The van der Waals surface area contributed by atoms with Crippen LogP contribution in [0, 0.1) is 0 Å². The molecule has 0 atom stereocenters. The minimum absolute atomic E-state index is 0.195. The van der Waals surface area contributed by atoms with Gasteiger partial charge in [0.25, 0.3) is 11.8 Å². The van der Waals surface area contributed by atoms with E-state index in [2.05, 4.69) is 15.6 Å². The van der Waals surface area contributed by atoms with Crippen LogP contribution in [0.2, 0.25) is 0 Å². The lowest BCUT2D eigenvalue weighted by atomic mass is 10.2. The summed E-state index contributed by atoms with van der Waals surface area (Å²) in [5.74, 6) is -0.255. The molecule has 0 saturated heterocycles. The third-order valence-corrected chi connectivity index (χ3v) is 4.31. The third kappa shape index (κ3) is 4.15. The molecule has 3 rings (SSSR count). The molecule has 0 radical (unpaired) electrons.